The van der Waals surface area contributed by atoms with Crippen LogP contribution in [0.2, 0.25) is 0 Å². The number of nitrogens with one attached hydrogen (secondary N) is 1. The molecule has 3 aliphatic rings. The summed E-state index contributed by atoms with van der Waals surface area (Å²) in [4.78, 5) is 29.3. The van der Waals surface area contributed by atoms with Crippen LogP contribution in [0.15, 0.2) is 23.1 Å². The molecule has 0 bridgehead atoms. The standard InChI is InChI=1S/C23H33N3O5S/c1-3-25-12-6-7-17(25)14-24-32(29,30)21-13-16(10-11-20(21)31-2)15-26-22(27)18-8-4-5-9-19(18)23(26)28/h10-11,13,17-19,24H,3-9,12,14-15H2,1-2H3. The van der Waals surface area contributed by atoms with Gasteiger partial charge in [-0.25, -0.2) is 13.1 Å². The molecule has 9 heteroatoms. The van der Waals surface area contributed by atoms with E-state index in [1.807, 2.05) is 0 Å². The summed E-state index contributed by atoms with van der Waals surface area (Å²) in [5.74, 6) is -0.440. The van der Waals surface area contributed by atoms with Gasteiger partial charge in [0.1, 0.15) is 10.6 Å². The van der Waals surface area contributed by atoms with Gasteiger partial charge in [-0.2, -0.15) is 0 Å². The minimum Gasteiger partial charge on any atom is -0.495 e. The molecule has 3 fully saturated rings. The van der Waals surface area contributed by atoms with E-state index in [2.05, 4.69) is 16.5 Å². The highest BCUT2D eigenvalue weighted by atomic mass is 32.2. The van der Waals surface area contributed by atoms with Gasteiger partial charge in [-0.15, -0.1) is 0 Å². The number of hydrogen-bond acceptors (Lipinski definition) is 6. The monoisotopic (exact) mass is 463 g/mol. The van der Waals surface area contributed by atoms with Crippen LogP contribution in [0.5, 0.6) is 5.75 Å². The maximum Gasteiger partial charge on any atom is 0.244 e. The van der Waals surface area contributed by atoms with Crippen molar-refractivity contribution in [2.24, 2.45) is 11.8 Å². The van der Waals surface area contributed by atoms with E-state index in [-0.39, 0.29) is 46.9 Å². The summed E-state index contributed by atoms with van der Waals surface area (Å²) < 4.78 is 34.3. The van der Waals surface area contributed by atoms with Gasteiger partial charge in [0.25, 0.3) is 0 Å². The average Bonchev–Trinajstić information content (AvgIpc) is 3.36. The van der Waals surface area contributed by atoms with Gasteiger partial charge >= 0.3 is 0 Å². The second-order valence-corrected chi connectivity index (χ2v) is 10.8. The Kier molecular flexibility index (Phi) is 6.88. The van der Waals surface area contributed by atoms with Crippen LogP contribution in [0.3, 0.4) is 0 Å². The van der Waals surface area contributed by atoms with E-state index in [1.54, 1.807) is 12.1 Å². The summed E-state index contributed by atoms with van der Waals surface area (Å²) in [6.07, 6.45) is 5.50. The van der Waals surface area contributed by atoms with Crippen molar-refractivity contribution in [3.05, 3.63) is 23.8 Å². The van der Waals surface area contributed by atoms with Gasteiger partial charge < -0.3 is 4.74 Å². The molecular formula is C23H33N3O5S. The smallest absolute Gasteiger partial charge is 0.244 e. The van der Waals surface area contributed by atoms with Crippen LogP contribution >= 0.6 is 0 Å². The van der Waals surface area contributed by atoms with Gasteiger partial charge in [0, 0.05) is 12.6 Å². The Hall–Kier alpha value is -1.97. The Morgan fingerprint density at radius 2 is 1.75 bits per heavy atom. The lowest BCUT2D eigenvalue weighted by atomic mass is 9.81. The Labute approximate surface area is 190 Å². The zero-order valence-corrected chi connectivity index (χ0v) is 19.7. The van der Waals surface area contributed by atoms with Gasteiger partial charge in [0.05, 0.1) is 25.5 Å². The Bertz CT molecular complexity index is 956. The van der Waals surface area contributed by atoms with Crippen molar-refractivity contribution in [1.29, 1.82) is 0 Å². The van der Waals surface area contributed by atoms with Crippen molar-refractivity contribution >= 4 is 21.8 Å². The third kappa shape index (κ3) is 4.43. The number of rotatable bonds is 8. The van der Waals surface area contributed by atoms with E-state index in [0.717, 1.165) is 51.6 Å². The molecule has 32 heavy (non-hydrogen) atoms. The number of ether oxygens (including phenoxy) is 1. The average molecular weight is 464 g/mol. The van der Waals surface area contributed by atoms with Gasteiger partial charge in [0.15, 0.2) is 0 Å². The molecule has 3 unspecified atom stereocenters. The van der Waals surface area contributed by atoms with Crippen LogP contribution in [0.1, 0.15) is 51.0 Å². The van der Waals surface area contributed by atoms with E-state index in [9.17, 15) is 18.0 Å². The number of methoxy groups -OCH3 is 1. The van der Waals surface area contributed by atoms with Crippen LogP contribution in [-0.2, 0) is 26.2 Å². The summed E-state index contributed by atoms with van der Waals surface area (Å²) >= 11 is 0. The number of carbonyl (C=O) groups is 2. The topological polar surface area (TPSA) is 96.0 Å². The Morgan fingerprint density at radius 3 is 2.38 bits per heavy atom. The van der Waals surface area contributed by atoms with Crippen molar-refractivity contribution < 1.29 is 22.7 Å². The molecule has 176 valence electrons. The molecule has 2 heterocycles. The molecule has 2 amide bonds. The molecule has 1 saturated carbocycles. The number of likely N-dealkylation sites (N-methyl/N-ethyl adjacent to an activating group) is 1. The number of hydrogen-bond donors (Lipinski definition) is 1. The van der Waals surface area contributed by atoms with Crippen LogP contribution in [0, 0.1) is 11.8 Å². The fourth-order valence-corrected chi connectivity index (χ4v) is 6.72. The third-order valence-corrected chi connectivity index (χ3v) is 8.65. The second-order valence-electron chi connectivity index (χ2n) is 9.02. The molecule has 3 atom stereocenters. The summed E-state index contributed by atoms with van der Waals surface area (Å²) in [6, 6.07) is 5.02. The summed E-state index contributed by atoms with van der Waals surface area (Å²) in [7, 11) is -2.38. The van der Waals surface area contributed by atoms with Crippen LogP contribution in [0.25, 0.3) is 0 Å². The van der Waals surface area contributed by atoms with Crippen LogP contribution in [-0.4, -0.2) is 62.8 Å². The van der Waals surface area contributed by atoms with E-state index in [1.165, 1.54) is 18.1 Å². The highest BCUT2D eigenvalue weighted by Crippen LogP contribution is 2.39. The number of benzene rings is 1. The molecule has 1 aliphatic carbocycles. The first-order valence-electron chi connectivity index (χ1n) is 11.6. The molecule has 0 radical (unpaired) electrons. The van der Waals surface area contributed by atoms with Gasteiger partial charge in [-0.05, 0) is 56.5 Å². The largest absolute Gasteiger partial charge is 0.495 e. The predicted molar refractivity (Wildman–Crippen MR) is 119 cm³/mol. The number of carbonyl (C=O) groups excluding carboxylic acids is 2. The molecule has 2 saturated heterocycles. The zero-order chi connectivity index (χ0) is 22.9. The molecule has 1 N–H and O–H groups in total. The number of nitrogens with zero attached hydrogens (tertiary/aromatic N) is 2. The van der Waals surface area contributed by atoms with Crippen molar-refractivity contribution in [1.82, 2.24) is 14.5 Å². The Morgan fingerprint density at radius 1 is 1.06 bits per heavy atom. The minimum atomic E-state index is -3.82. The maximum absolute atomic E-state index is 13.1. The number of sulfonamides is 1. The predicted octanol–water partition coefficient (Wildman–Crippen LogP) is 2.13. The van der Waals surface area contributed by atoms with Crippen LogP contribution in [0.4, 0.5) is 0 Å². The lowest BCUT2D eigenvalue weighted by molar-refractivity contribution is -0.140. The summed E-state index contributed by atoms with van der Waals surface area (Å²) in [6.45, 7) is 4.39. The SMILES string of the molecule is CCN1CCCC1CNS(=O)(=O)c1cc(CN2C(=O)C3CCCCC3C2=O)ccc1OC. The molecule has 8 nitrogen and oxygen atoms in total. The summed E-state index contributed by atoms with van der Waals surface area (Å²) in [5, 5.41) is 0. The quantitative estimate of drug-likeness (QED) is 0.594. The second kappa shape index (κ2) is 9.49. The first-order valence-corrected chi connectivity index (χ1v) is 13.1. The molecule has 2 aliphatic heterocycles. The molecule has 1 aromatic rings. The van der Waals surface area contributed by atoms with Crippen molar-refractivity contribution in [3.63, 3.8) is 0 Å². The first kappa shape index (κ1) is 23.2. The number of imide groups is 1. The summed E-state index contributed by atoms with van der Waals surface area (Å²) in [5.41, 5.74) is 0.600. The van der Waals surface area contributed by atoms with E-state index in [0.29, 0.717) is 12.1 Å². The van der Waals surface area contributed by atoms with Gasteiger partial charge in [0.2, 0.25) is 21.8 Å². The maximum atomic E-state index is 13.1. The number of likely N-dealkylation sites (tertiary alicyclic amines) is 2. The molecule has 0 aromatic heterocycles. The van der Waals surface area contributed by atoms with Crippen molar-refractivity contribution in [3.8, 4) is 5.75 Å². The fourth-order valence-electron chi connectivity index (χ4n) is 5.43. The molecule has 0 spiro atoms. The normalized spacial score (nSPS) is 26.6. The zero-order valence-electron chi connectivity index (χ0n) is 18.9. The minimum absolute atomic E-state index is 0.0371. The van der Waals surface area contributed by atoms with E-state index >= 15 is 0 Å². The third-order valence-electron chi connectivity index (χ3n) is 7.20. The van der Waals surface area contributed by atoms with Gasteiger partial charge in [-0.3, -0.25) is 19.4 Å². The number of amides is 2. The Balaban J connectivity index is 1.52. The van der Waals surface area contributed by atoms with E-state index < -0.39 is 10.0 Å². The highest BCUT2D eigenvalue weighted by molar-refractivity contribution is 7.89. The highest BCUT2D eigenvalue weighted by Gasteiger charge is 2.48. The van der Waals surface area contributed by atoms with E-state index in [4.69, 9.17) is 4.74 Å². The van der Waals surface area contributed by atoms with Gasteiger partial charge in [-0.1, -0.05) is 25.8 Å². The molecular weight excluding hydrogens is 430 g/mol. The lowest BCUT2D eigenvalue weighted by Crippen LogP contribution is -2.40. The molecule has 1 aromatic carbocycles. The molecule has 4 rings (SSSR count). The van der Waals surface area contributed by atoms with Crippen molar-refractivity contribution in [2.75, 3.05) is 26.7 Å². The lowest BCUT2D eigenvalue weighted by Gasteiger charge is -2.23. The first-order chi connectivity index (χ1) is 15.4. The van der Waals surface area contributed by atoms with Crippen molar-refractivity contribution in [2.45, 2.75) is 62.9 Å². The fraction of sp³-hybridized carbons (Fsp3) is 0.652. The number of fused-ring (bicyclic) bond motifs is 1. The van der Waals surface area contributed by atoms with Crippen LogP contribution < -0.4 is 9.46 Å².